The van der Waals surface area contributed by atoms with Crippen molar-refractivity contribution in [2.75, 3.05) is 0 Å². The predicted octanol–water partition coefficient (Wildman–Crippen LogP) is 7.89. The molecule has 2 saturated carbocycles. The van der Waals surface area contributed by atoms with Crippen LogP contribution in [0.1, 0.15) is 110 Å². The molecule has 2 heteroatoms. The van der Waals surface area contributed by atoms with Crippen molar-refractivity contribution in [1.82, 2.24) is 0 Å². The van der Waals surface area contributed by atoms with Crippen molar-refractivity contribution in [2.45, 2.75) is 97.3 Å². The van der Waals surface area contributed by atoms with Gasteiger partial charge in [-0.25, -0.2) is 0 Å². The number of phenolic OH excluding ortho intramolecular Hbond substituents is 2. The summed E-state index contributed by atoms with van der Waals surface area (Å²) in [5, 5.41) is 22.1. The summed E-state index contributed by atoms with van der Waals surface area (Å²) in [5.74, 6) is 3.05. The van der Waals surface area contributed by atoms with Gasteiger partial charge in [-0.3, -0.25) is 0 Å². The van der Waals surface area contributed by atoms with Gasteiger partial charge in [0, 0.05) is 17.5 Å². The Morgan fingerprint density at radius 3 is 1.42 bits per heavy atom. The molecular weight excluding hydrogens is 380 g/mol. The number of rotatable bonds is 4. The molecule has 31 heavy (non-hydrogen) atoms. The maximum absolute atomic E-state index is 11.0. The Kier molecular flexibility index (Phi) is 6.65. The van der Waals surface area contributed by atoms with Crippen LogP contribution in [0, 0.1) is 25.7 Å². The van der Waals surface area contributed by atoms with Crippen LogP contribution in [0.4, 0.5) is 0 Å². The molecule has 0 spiro atoms. The Bertz CT molecular complexity index is 853. The Morgan fingerprint density at radius 1 is 0.645 bits per heavy atom. The smallest absolute Gasteiger partial charge is 0.119 e. The van der Waals surface area contributed by atoms with Gasteiger partial charge in [0.25, 0.3) is 0 Å². The summed E-state index contributed by atoms with van der Waals surface area (Å²) in [7, 11) is 0. The van der Waals surface area contributed by atoms with E-state index < -0.39 is 0 Å². The highest BCUT2D eigenvalue weighted by Gasteiger charge is 2.31. The van der Waals surface area contributed by atoms with Crippen LogP contribution in [0.3, 0.4) is 0 Å². The zero-order valence-electron chi connectivity index (χ0n) is 19.9. The van der Waals surface area contributed by atoms with Crippen LogP contribution in [0.2, 0.25) is 0 Å². The summed E-state index contributed by atoms with van der Waals surface area (Å²) in [6, 6.07) is 7.88. The first-order valence-electron chi connectivity index (χ1n) is 12.5. The number of hydrogen-bond donors (Lipinski definition) is 2. The van der Waals surface area contributed by atoms with Gasteiger partial charge in [-0.1, -0.05) is 64.5 Å². The Hall–Kier alpha value is -1.96. The second kappa shape index (κ2) is 9.27. The van der Waals surface area contributed by atoms with Gasteiger partial charge in [-0.15, -0.1) is 0 Å². The lowest BCUT2D eigenvalue weighted by Gasteiger charge is -2.34. The highest BCUT2D eigenvalue weighted by molar-refractivity contribution is 5.54. The molecule has 2 aliphatic carbocycles. The molecule has 4 atom stereocenters. The molecule has 2 aromatic carbocycles. The van der Waals surface area contributed by atoms with Gasteiger partial charge in [0.05, 0.1) is 0 Å². The Morgan fingerprint density at radius 2 is 1.03 bits per heavy atom. The second-order valence-corrected chi connectivity index (χ2v) is 10.5. The van der Waals surface area contributed by atoms with Gasteiger partial charge in [-0.2, -0.15) is 0 Å². The van der Waals surface area contributed by atoms with E-state index in [1.54, 1.807) is 0 Å². The van der Waals surface area contributed by atoms with Crippen LogP contribution in [0.25, 0.3) is 0 Å². The zero-order chi connectivity index (χ0) is 22.1. The Balaban J connectivity index is 1.82. The first-order chi connectivity index (χ1) is 14.9. The lowest BCUT2D eigenvalue weighted by atomic mass is 9.71. The summed E-state index contributed by atoms with van der Waals surface area (Å²) >= 11 is 0. The van der Waals surface area contributed by atoms with E-state index in [9.17, 15) is 10.2 Å². The average molecular weight is 421 g/mol. The Labute approximate surface area is 188 Å². The normalized spacial score (nSPS) is 26.7. The minimum absolute atomic E-state index is 0.391. The van der Waals surface area contributed by atoms with E-state index in [-0.39, 0.29) is 0 Å². The largest absolute Gasteiger partial charge is 0.508 e. The quantitative estimate of drug-likeness (QED) is 0.528. The summed E-state index contributed by atoms with van der Waals surface area (Å²) < 4.78 is 0. The number of benzene rings is 2. The molecule has 2 aliphatic rings. The highest BCUT2D eigenvalue weighted by atomic mass is 16.3. The van der Waals surface area contributed by atoms with Gasteiger partial charge >= 0.3 is 0 Å². The summed E-state index contributed by atoms with van der Waals surface area (Å²) in [6.07, 6.45) is 10.7. The molecule has 0 amide bonds. The van der Waals surface area contributed by atoms with Gasteiger partial charge in [-0.05, 0) is 84.7 Å². The van der Waals surface area contributed by atoms with Crippen LogP contribution in [0.5, 0.6) is 11.5 Å². The third-order valence-electron chi connectivity index (χ3n) is 8.42. The van der Waals surface area contributed by atoms with Crippen LogP contribution in [0.15, 0.2) is 24.3 Å². The molecule has 0 aromatic heterocycles. The summed E-state index contributed by atoms with van der Waals surface area (Å²) in [6.45, 7) is 9.13. The minimum atomic E-state index is 0.391. The fraction of sp³-hybridized carbons (Fsp3) is 0.586. The van der Waals surface area contributed by atoms with Crippen molar-refractivity contribution >= 4 is 0 Å². The number of hydrogen-bond acceptors (Lipinski definition) is 2. The van der Waals surface area contributed by atoms with Crippen molar-refractivity contribution in [3.05, 3.63) is 57.6 Å². The molecule has 0 saturated heterocycles. The van der Waals surface area contributed by atoms with Crippen LogP contribution < -0.4 is 0 Å². The van der Waals surface area contributed by atoms with Crippen molar-refractivity contribution < 1.29 is 10.2 Å². The highest BCUT2D eigenvalue weighted by Crippen LogP contribution is 2.46. The maximum atomic E-state index is 11.0. The van der Waals surface area contributed by atoms with E-state index in [0.29, 0.717) is 41.6 Å². The van der Waals surface area contributed by atoms with Gasteiger partial charge in [0.2, 0.25) is 0 Å². The molecule has 168 valence electrons. The lowest BCUT2D eigenvalue weighted by molar-refractivity contribution is 0.325. The second-order valence-electron chi connectivity index (χ2n) is 10.5. The summed E-state index contributed by atoms with van der Waals surface area (Å²) in [5.41, 5.74) is 7.35. The SMILES string of the molecule is Cc1ccc(O)c(Cc2c(O)ccc(C)c2C2CCCCC2C)c1C1CCCCC1C. The summed E-state index contributed by atoms with van der Waals surface area (Å²) in [4.78, 5) is 0. The molecular formula is C29H40O2. The predicted molar refractivity (Wildman–Crippen MR) is 129 cm³/mol. The van der Waals surface area contributed by atoms with Crippen LogP contribution in [-0.4, -0.2) is 10.2 Å². The van der Waals surface area contributed by atoms with Gasteiger partial charge in [0.15, 0.2) is 0 Å². The third-order valence-corrected chi connectivity index (χ3v) is 8.42. The van der Waals surface area contributed by atoms with Crippen molar-refractivity contribution in [3.8, 4) is 11.5 Å². The zero-order valence-corrected chi connectivity index (χ0v) is 19.9. The van der Waals surface area contributed by atoms with E-state index in [4.69, 9.17) is 0 Å². The molecule has 2 nitrogen and oxygen atoms in total. The van der Waals surface area contributed by atoms with Crippen molar-refractivity contribution in [1.29, 1.82) is 0 Å². The molecule has 0 radical (unpaired) electrons. The van der Waals surface area contributed by atoms with Crippen LogP contribution in [-0.2, 0) is 6.42 Å². The maximum Gasteiger partial charge on any atom is 0.119 e. The lowest BCUT2D eigenvalue weighted by Crippen LogP contribution is -2.19. The molecule has 2 fully saturated rings. The van der Waals surface area contributed by atoms with E-state index >= 15 is 0 Å². The van der Waals surface area contributed by atoms with Crippen molar-refractivity contribution in [3.63, 3.8) is 0 Å². The molecule has 4 unspecified atom stereocenters. The monoisotopic (exact) mass is 420 g/mol. The van der Waals surface area contributed by atoms with E-state index in [2.05, 4.69) is 39.8 Å². The fourth-order valence-electron chi connectivity index (χ4n) is 6.61. The molecule has 4 rings (SSSR count). The molecule has 0 bridgehead atoms. The van der Waals surface area contributed by atoms with Crippen molar-refractivity contribution in [2.24, 2.45) is 11.8 Å². The standard InChI is InChI=1S/C29H40O2/c1-18-9-5-7-11-22(18)28-20(3)13-15-26(30)24(28)17-25-27(31)16-14-21(4)29(25)23-12-8-6-10-19(23)2/h13-16,18-19,22-23,30-31H,5-12,17H2,1-4H3. The first-order valence-corrected chi connectivity index (χ1v) is 12.5. The number of aryl methyl sites for hydroxylation is 2. The van der Waals surface area contributed by atoms with Gasteiger partial charge in [0.1, 0.15) is 11.5 Å². The number of aromatic hydroxyl groups is 2. The molecule has 2 aromatic rings. The molecule has 0 heterocycles. The minimum Gasteiger partial charge on any atom is -0.508 e. The molecule has 0 aliphatic heterocycles. The fourth-order valence-corrected chi connectivity index (χ4v) is 6.61. The van der Waals surface area contributed by atoms with Crippen LogP contribution >= 0.6 is 0 Å². The first kappa shape index (κ1) is 22.2. The topological polar surface area (TPSA) is 40.5 Å². The van der Waals surface area contributed by atoms with E-state index in [1.165, 1.54) is 73.6 Å². The molecule has 2 N–H and O–H groups in total. The van der Waals surface area contributed by atoms with E-state index in [1.807, 2.05) is 12.1 Å². The van der Waals surface area contributed by atoms with E-state index in [0.717, 1.165) is 11.1 Å². The van der Waals surface area contributed by atoms with Gasteiger partial charge < -0.3 is 10.2 Å². The average Bonchev–Trinajstić information content (AvgIpc) is 2.75. The third kappa shape index (κ3) is 4.36. The number of phenols is 2.